The first-order valence-corrected chi connectivity index (χ1v) is 15.9. The molecule has 0 radical (unpaired) electrons. The van der Waals surface area contributed by atoms with Crippen molar-refractivity contribution in [1.82, 2.24) is 10.6 Å². The Balaban J connectivity index is 1.55. The van der Waals surface area contributed by atoms with Crippen molar-refractivity contribution in [3.05, 3.63) is 0 Å². The molecular formula is C34H54N2O4. The maximum atomic E-state index is 14.6. The number of aldehydes is 1. The van der Waals surface area contributed by atoms with E-state index in [4.69, 9.17) is 0 Å². The number of nitrogens with one attached hydrogen (secondary N) is 2. The number of hydrogen-bond acceptors (Lipinski definition) is 5. The molecule has 0 bridgehead atoms. The topological polar surface area (TPSA) is 92.3 Å². The Morgan fingerprint density at radius 2 is 1.62 bits per heavy atom. The number of rotatable bonds is 6. The first-order valence-electron chi connectivity index (χ1n) is 15.9. The van der Waals surface area contributed by atoms with E-state index in [0.717, 1.165) is 44.8 Å². The number of hydrogen-bond donors (Lipinski definition) is 2. The smallest absolute Gasteiger partial charge is 0.222 e. The lowest BCUT2D eigenvalue weighted by atomic mass is 9.41. The van der Waals surface area contributed by atoms with Gasteiger partial charge in [-0.05, 0) is 86.5 Å². The zero-order chi connectivity index (χ0) is 29.8. The summed E-state index contributed by atoms with van der Waals surface area (Å²) in [5.41, 5.74) is -2.06. The van der Waals surface area contributed by atoms with Gasteiger partial charge in [-0.1, -0.05) is 55.4 Å². The Labute approximate surface area is 241 Å². The molecule has 5 saturated carbocycles. The van der Waals surface area contributed by atoms with Crippen molar-refractivity contribution < 1.29 is 19.2 Å². The third kappa shape index (κ3) is 3.49. The van der Waals surface area contributed by atoms with Crippen LogP contribution in [-0.4, -0.2) is 42.9 Å². The fraction of sp³-hybridized carbons (Fsp3) is 0.882. The van der Waals surface area contributed by atoms with Crippen LogP contribution in [0.4, 0.5) is 0 Å². The molecule has 5 aliphatic rings. The van der Waals surface area contributed by atoms with Crippen LogP contribution in [0.5, 0.6) is 0 Å². The SMILES string of the molecule is CN[C@@H](C)[C@H]1[C@H](C(=O)C(C)(C)C)C[C@@]2(C)[C@@H]3CC[C@H]4[C@](C)(C=O)[C@@H](NC(=O)C(C)C)CC[C@@]45C[C@@]35C(=O)C[C@]12C. The van der Waals surface area contributed by atoms with Gasteiger partial charge in [0.05, 0.1) is 0 Å². The third-order valence-corrected chi connectivity index (χ3v) is 13.8. The number of amides is 1. The Morgan fingerprint density at radius 1 is 1.00 bits per heavy atom. The quantitative estimate of drug-likeness (QED) is 0.431. The van der Waals surface area contributed by atoms with E-state index >= 15 is 0 Å². The lowest BCUT2D eigenvalue weighted by molar-refractivity contribution is -0.170. The first-order chi connectivity index (χ1) is 18.4. The summed E-state index contributed by atoms with van der Waals surface area (Å²) in [5, 5.41) is 6.70. The monoisotopic (exact) mass is 554 g/mol. The van der Waals surface area contributed by atoms with Gasteiger partial charge in [0.15, 0.2) is 0 Å². The molecule has 6 nitrogen and oxygen atoms in total. The predicted octanol–water partition coefficient (Wildman–Crippen LogP) is 5.37. The molecule has 1 amide bonds. The van der Waals surface area contributed by atoms with Gasteiger partial charge in [0, 0.05) is 46.6 Å². The van der Waals surface area contributed by atoms with E-state index in [1.54, 1.807) is 0 Å². The molecule has 0 unspecified atom stereocenters. The van der Waals surface area contributed by atoms with Gasteiger partial charge in [0.1, 0.15) is 17.9 Å². The van der Waals surface area contributed by atoms with Gasteiger partial charge >= 0.3 is 0 Å². The van der Waals surface area contributed by atoms with Gasteiger partial charge in [-0.3, -0.25) is 14.4 Å². The molecule has 6 heteroatoms. The number of carbonyl (C=O) groups excluding carboxylic acids is 4. The molecule has 0 heterocycles. The van der Waals surface area contributed by atoms with E-state index in [9.17, 15) is 19.2 Å². The highest BCUT2D eigenvalue weighted by Crippen LogP contribution is 2.88. The van der Waals surface area contributed by atoms with E-state index in [-0.39, 0.29) is 63.8 Å². The minimum Gasteiger partial charge on any atom is -0.352 e. The molecule has 40 heavy (non-hydrogen) atoms. The molecule has 0 aromatic rings. The van der Waals surface area contributed by atoms with Crippen LogP contribution in [0.2, 0.25) is 0 Å². The summed E-state index contributed by atoms with van der Waals surface area (Å²) in [5.74, 6) is 0.924. The Kier molecular flexibility index (Phi) is 6.71. The zero-order valence-electron chi connectivity index (χ0n) is 26.7. The minimum absolute atomic E-state index is 0.00421. The van der Waals surface area contributed by atoms with Crippen LogP contribution in [0.3, 0.4) is 0 Å². The number of Topliss-reactive ketones (excluding diaryl/α,β-unsaturated/α-hetero) is 2. The summed E-state index contributed by atoms with van der Waals surface area (Å²) < 4.78 is 0. The molecule has 2 spiro atoms. The molecule has 0 aromatic carbocycles. The summed E-state index contributed by atoms with van der Waals surface area (Å²) >= 11 is 0. The zero-order valence-corrected chi connectivity index (χ0v) is 26.7. The third-order valence-electron chi connectivity index (χ3n) is 13.8. The second-order valence-corrected chi connectivity index (χ2v) is 16.7. The lowest BCUT2D eigenvalue weighted by Crippen LogP contribution is -2.63. The van der Waals surface area contributed by atoms with Crippen LogP contribution in [0.15, 0.2) is 0 Å². The van der Waals surface area contributed by atoms with Crippen LogP contribution in [0, 0.1) is 62.1 Å². The van der Waals surface area contributed by atoms with E-state index in [1.165, 1.54) is 0 Å². The van der Waals surface area contributed by atoms with Crippen LogP contribution in [0.25, 0.3) is 0 Å². The van der Waals surface area contributed by atoms with Crippen molar-refractivity contribution in [3.63, 3.8) is 0 Å². The molecule has 5 fully saturated rings. The highest BCUT2D eigenvalue weighted by Gasteiger charge is 2.86. The lowest BCUT2D eigenvalue weighted by Gasteiger charge is -2.62. The maximum absolute atomic E-state index is 14.6. The average Bonchev–Trinajstić information content (AvgIpc) is 3.51. The fourth-order valence-corrected chi connectivity index (χ4v) is 11.6. The molecule has 2 N–H and O–H groups in total. The van der Waals surface area contributed by atoms with Gasteiger partial charge in [0.2, 0.25) is 5.91 Å². The molecule has 5 aliphatic carbocycles. The van der Waals surface area contributed by atoms with Crippen molar-refractivity contribution in [2.45, 2.75) is 119 Å². The summed E-state index contributed by atoms with van der Waals surface area (Å²) in [7, 11) is 1.98. The summed E-state index contributed by atoms with van der Waals surface area (Å²) in [6.45, 7) is 18.8. The Bertz CT molecular complexity index is 1130. The Hall–Kier alpha value is -1.56. The molecule has 224 valence electrons. The molecule has 11 atom stereocenters. The van der Waals surface area contributed by atoms with Gasteiger partial charge < -0.3 is 15.4 Å². The van der Waals surface area contributed by atoms with Crippen molar-refractivity contribution in [1.29, 1.82) is 0 Å². The first kappa shape index (κ1) is 29.9. The van der Waals surface area contributed by atoms with Crippen LogP contribution in [0.1, 0.15) is 107 Å². The maximum Gasteiger partial charge on any atom is 0.222 e. The van der Waals surface area contributed by atoms with Crippen molar-refractivity contribution >= 4 is 23.8 Å². The number of carbonyl (C=O) groups is 4. The van der Waals surface area contributed by atoms with Crippen molar-refractivity contribution in [2.24, 2.45) is 62.1 Å². The molecule has 0 aromatic heterocycles. The second kappa shape index (κ2) is 8.97. The second-order valence-electron chi connectivity index (χ2n) is 16.7. The minimum atomic E-state index is -0.678. The van der Waals surface area contributed by atoms with Gasteiger partial charge in [-0.2, -0.15) is 0 Å². The van der Waals surface area contributed by atoms with Gasteiger partial charge in [-0.25, -0.2) is 0 Å². The molecule has 0 saturated heterocycles. The summed E-state index contributed by atoms with van der Waals surface area (Å²) in [6.07, 6.45) is 6.78. The van der Waals surface area contributed by atoms with Crippen molar-refractivity contribution in [3.8, 4) is 0 Å². The number of fused-ring (bicyclic) bond motifs is 2. The molecule has 0 aliphatic heterocycles. The number of ketones is 2. The van der Waals surface area contributed by atoms with E-state index in [0.29, 0.717) is 18.0 Å². The van der Waals surface area contributed by atoms with Crippen molar-refractivity contribution in [2.75, 3.05) is 7.05 Å². The molecular weight excluding hydrogens is 500 g/mol. The normalized spacial score (nSPS) is 48.4. The van der Waals surface area contributed by atoms with E-state index < -0.39 is 16.2 Å². The summed E-state index contributed by atoms with van der Waals surface area (Å²) in [4.78, 5) is 54.2. The summed E-state index contributed by atoms with van der Waals surface area (Å²) in [6, 6.07) is -0.0572. The van der Waals surface area contributed by atoms with Crippen LogP contribution >= 0.6 is 0 Å². The van der Waals surface area contributed by atoms with Gasteiger partial charge in [-0.15, -0.1) is 0 Å². The van der Waals surface area contributed by atoms with Gasteiger partial charge in [0.25, 0.3) is 0 Å². The average molecular weight is 555 g/mol. The predicted molar refractivity (Wildman–Crippen MR) is 156 cm³/mol. The standard InChI is InChI=1S/C34H54N2O4/c1-19(2)28(40)36-24-13-14-33-17-34(33)23(12-11-22(33)30(24,7)18-37)31(8)15-21(27(39)29(4,5)6)26(20(3)35-10)32(31,9)16-25(34)38/h18-24,26,35H,11-17H2,1-10H3,(H,36,40)/t20-,21+,22-,23-,24-,26-,30-,31-,32+,33+,34-/m0/s1. The van der Waals surface area contributed by atoms with E-state index in [2.05, 4.69) is 31.4 Å². The molecule has 5 rings (SSSR count). The highest BCUT2D eigenvalue weighted by atomic mass is 16.2. The Morgan fingerprint density at radius 3 is 2.17 bits per heavy atom. The highest BCUT2D eigenvalue weighted by molar-refractivity contribution is 5.93. The largest absolute Gasteiger partial charge is 0.352 e. The van der Waals surface area contributed by atoms with E-state index in [1.807, 2.05) is 48.6 Å². The van der Waals surface area contributed by atoms with Crippen LogP contribution < -0.4 is 10.6 Å². The fourth-order valence-electron chi connectivity index (χ4n) is 11.6. The van der Waals surface area contributed by atoms with Crippen LogP contribution in [-0.2, 0) is 19.2 Å².